The Morgan fingerprint density at radius 1 is 0.962 bits per heavy atom. The summed E-state index contributed by atoms with van der Waals surface area (Å²) in [6, 6.07) is 4.16. The quantitative estimate of drug-likeness (QED) is 0.267. The molecule has 0 radical (unpaired) electrons. The minimum Gasteiger partial charge on any atom is -0.446 e. The number of sulfonamides is 2. The third-order valence-corrected chi connectivity index (χ3v) is 15.0. The topological polar surface area (TPSA) is 188 Å². The number of hydrogen-bond acceptors (Lipinski definition) is 9. The first-order valence-electron chi connectivity index (χ1n) is 18.8. The summed E-state index contributed by atoms with van der Waals surface area (Å²) < 4.78 is 62.8. The molecule has 6 rings (SSSR count). The van der Waals surface area contributed by atoms with Crippen LogP contribution in [0.15, 0.2) is 41.8 Å². The molecule has 1 saturated heterocycles. The van der Waals surface area contributed by atoms with E-state index in [0.29, 0.717) is 25.7 Å². The van der Waals surface area contributed by atoms with E-state index in [4.69, 9.17) is 4.74 Å². The van der Waals surface area contributed by atoms with Crippen molar-refractivity contribution in [2.24, 2.45) is 11.3 Å². The van der Waals surface area contributed by atoms with E-state index in [1.807, 2.05) is 6.07 Å². The predicted molar refractivity (Wildman–Crippen MR) is 196 cm³/mol. The summed E-state index contributed by atoms with van der Waals surface area (Å²) in [5.74, 6) is -2.81. The van der Waals surface area contributed by atoms with Gasteiger partial charge in [0.25, 0.3) is 5.91 Å². The maximum atomic E-state index is 14.5. The normalized spacial score (nSPS) is 26.4. The van der Waals surface area contributed by atoms with Gasteiger partial charge in [-0.3, -0.25) is 19.1 Å². The highest BCUT2D eigenvalue weighted by Gasteiger charge is 2.62. The summed E-state index contributed by atoms with van der Waals surface area (Å²) in [5, 5.41) is 4.70. The molecule has 4 amide bonds. The molecule has 292 valence electrons. The van der Waals surface area contributed by atoms with Crippen molar-refractivity contribution in [1.29, 1.82) is 0 Å². The van der Waals surface area contributed by atoms with Crippen molar-refractivity contribution in [1.82, 2.24) is 24.6 Å². The van der Waals surface area contributed by atoms with Crippen molar-refractivity contribution in [3.05, 3.63) is 42.5 Å². The highest BCUT2D eigenvalue weighted by molar-refractivity contribution is 7.91. The fraction of sp³-hybridized carbons (Fsp3) is 0.676. The molecule has 4 saturated carbocycles. The number of alkyl carbamates (subject to hydrolysis) is 1. The highest BCUT2D eigenvalue weighted by atomic mass is 32.2. The Kier molecular flexibility index (Phi) is 11.1. The van der Waals surface area contributed by atoms with Gasteiger partial charge in [0, 0.05) is 12.5 Å². The van der Waals surface area contributed by atoms with Gasteiger partial charge in [-0.05, 0) is 86.8 Å². The SMILES string of the molecule is C=C[C@@H]1C[C@]1(NC(=O)[C@@H]1CN(S(=O)(=O)c2cccc(C3CCCCC3)c2)CN1C(=O)[C@@H](NC(=O)OC1CCCC1)C(C)(C)C)C(=O)NS(=O)(=O)C1CC1. The summed E-state index contributed by atoms with van der Waals surface area (Å²) in [4.78, 5) is 56.5. The van der Waals surface area contributed by atoms with E-state index in [1.54, 1.807) is 32.9 Å². The Balaban J connectivity index is 1.29. The number of benzene rings is 1. The average molecular weight is 776 g/mol. The minimum absolute atomic E-state index is 0.0368. The van der Waals surface area contributed by atoms with Crippen LogP contribution in [0, 0.1) is 11.3 Å². The summed E-state index contributed by atoms with van der Waals surface area (Å²) in [5.41, 5.74) is -1.62. The highest BCUT2D eigenvalue weighted by Crippen LogP contribution is 2.45. The van der Waals surface area contributed by atoms with Gasteiger partial charge in [0.1, 0.15) is 23.7 Å². The fourth-order valence-electron chi connectivity index (χ4n) is 7.90. The standard InChI is InChI=1S/C37H53N5O9S2/c1-5-26-21-37(26,34(45)40-52(47,48)28-18-19-28)39-32(43)30-22-41(53(49,50)29-17-11-14-25(20-29)24-12-7-6-8-13-24)23-42(30)33(44)31(36(2,3)4)38-35(46)51-27-15-9-10-16-27/h5,11,14,17,20,24,26-28,30-31H,1,6-10,12-13,15-16,18-19,21-23H2,2-4H3,(H,38,46)(H,39,43)(H,40,45)/t26-,30+,31-,37-/m1/s1. The number of carbonyl (C=O) groups is 4. The summed E-state index contributed by atoms with van der Waals surface area (Å²) in [6.45, 7) is 8.01. The van der Waals surface area contributed by atoms with E-state index >= 15 is 0 Å². The van der Waals surface area contributed by atoms with Crippen LogP contribution in [0.1, 0.15) is 109 Å². The van der Waals surface area contributed by atoms with Gasteiger partial charge in [-0.2, -0.15) is 4.31 Å². The van der Waals surface area contributed by atoms with Crippen LogP contribution in [-0.4, -0.2) is 92.0 Å². The Morgan fingerprint density at radius 2 is 1.62 bits per heavy atom. The predicted octanol–water partition coefficient (Wildman–Crippen LogP) is 3.65. The lowest BCUT2D eigenvalue weighted by Gasteiger charge is -2.35. The Labute approximate surface area is 312 Å². The Hall–Kier alpha value is -3.50. The second-order valence-corrected chi connectivity index (χ2v) is 20.3. The zero-order valence-corrected chi connectivity index (χ0v) is 32.5. The molecule has 16 heteroatoms. The number of ether oxygens (including phenoxy) is 1. The van der Waals surface area contributed by atoms with E-state index in [0.717, 1.165) is 59.7 Å². The van der Waals surface area contributed by atoms with Crippen LogP contribution in [0.2, 0.25) is 0 Å². The minimum atomic E-state index is -4.25. The molecular formula is C37H53N5O9S2. The zero-order valence-electron chi connectivity index (χ0n) is 30.8. The van der Waals surface area contributed by atoms with Crippen LogP contribution >= 0.6 is 0 Å². The molecule has 0 bridgehead atoms. The summed E-state index contributed by atoms with van der Waals surface area (Å²) >= 11 is 0. The molecule has 1 aromatic rings. The lowest BCUT2D eigenvalue weighted by atomic mass is 9.84. The molecule has 4 aliphatic carbocycles. The molecule has 1 heterocycles. The first-order chi connectivity index (χ1) is 25.0. The van der Waals surface area contributed by atoms with Gasteiger partial charge in [0.2, 0.25) is 31.9 Å². The Bertz CT molecular complexity index is 1830. The molecule has 1 aromatic carbocycles. The summed E-state index contributed by atoms with van der Waals surface area (Å²) in [6.07, 6.45) is 9.81. The molecular weight excluding hydrogens is 723 g/mol. The van der Waals surface area contributed by atoms with Gasteiger partial charge < -0.3 is 20.3 Å². The summed E-state index contributed by atoms with van der Waals surface area (Å²) in [7, 11) is -8.19. The van der Waals surface area contributed by atoms with Crippen LogP contribution in [0.5, 0.6) is 0 Å². The van der Waals surface area contributed by atoms with Crippen LogP contribution in [0.3, 0.4) is 0 Å². The van der Waals surface area contributed by atoms with Crippen molar-refractivity contribution in [2.45, 2.75) is 138 Å². The molecule has 5 aliphatic rings. The van der Waals surface area contributed by atoms with Crippen molar-refractivity contribution >= 4 is 43.9 Å². The number of nitrogens with zero attached hydrogens (tertiary/aromatic N) is 2. The number of nitrogens with one attached hydrogen (secondary N) is 3. The lowest BCUT2D eigenvalue weighted by molar-refractivity contribution is -0.142. The van der Waals surface area contributed by atoms with E-state index in [2.05, 4.69) is 21.9 Å². The van der Waals surface area contributed by atoms with Gasteiger partial charge >= 0.3 is 6.09 Å². The number of rotatable bonds is 12. The number of amides is 4. The third-order valence-electron chi connectivity index (χ3n) is 11.4. The van der Waals surface area contributed by atoms with Crippen molar-refractivity contribution < 1.29 is 40.8 Å². The molecule has 0 spiro atoms. The number of hydrogen-bond donors (Lipinski definition) is 3. The second-order valence-electron chi connectivity index (χ2n) is 16.4. The van der Waals surface area contributed by atoms with Crippen molar-refractivity contribution in [3.8, 4) is 0 Å². The largest absolute Gasteiger partial charge is 0.446 e. The molecule has 5 fully saturated rings. The molecule has 1 aliphatic heterocycles. The maximum absolute atomic E-state index is 14.5. The molecule has 4 atom stereocenters. The number of carbonyl (C=O) groups excluding carboxylic acids is 4. The van der Waals surface area contributed by atoms with Gasteiger partial charge in [-0.25, -0.2) is 21.6 Å². The fourth-order valence-corrected chi connectivity index (χ4v) is 10.7. The molecule has 14 nitrogen and oxygen atoms in total. The van der Waals surface area contributed by atoms with Crippen LogP contribution in [0.25, 0.3) is 0 Å². The lowest BCUT2D eigenvalue weighted by Crippen LogP contribution is -2.60. The smallest absolute Gasteiger partial charge is 0.408 e. The molecule has 0 unspecified atom stereocenters. The Morgan fingerprint density at radius 3 is 2.23 bits per heavy atom. The van der Waals surface area contributed by atoms with Crippen LogP contribution in [-0.2, 0) is 39.2 Å². The van der Waals surface area contributed by atoms with Gasteiger partial charge in [0.05, 0.1) is 16.8 Å². The van der Waals surface area contributed by atoms with Crippen molar-refractivity contribution in [2.75, 3.05) is 13.2 Å². The third kappa shape index (κ3) is 8.44. The molecule has 53 heavy (non-hydrogen) atoms. The van der Waals surface area contributed by atoms with Crippen molar-refractivity contribution in [3.63, 3.8) is 0 Å². The zero-order chi connectivity index (χ0) is 38.3. The first-order valence-corrected chi connectivity index (χ1v) is 21.8. The average Bonchev–Trinajstić information content (AvgIpc) is 3.99. The van der Waals surface area contributed by atoms with Crippen LogP contribution < -0.4 is 15.4 Å². The second kappa shape index (κ2) is 15.0. The van der Waals surface area contributed by atoms with Crippen LogP contribution in [0.4, 0.5) is 4.79 Å². The van der Waals surface area contributed by atoms with E-state index < -0.39 is 91.3 Å². The first kappa shape index (κ1) is 39.2. The molecule has 0 aromatic heterocycles. The van der Waals surface area contributed by atoms with E-state index in [1.165, 1.54) is 12.1 Å². The van der Waals surface area contributed by atoms with E-state index in [-0.39, 0.29) is 23.3 Å². The monoisotopic (exact) mass is 775 g/mol. The van der Waals surface area contributed by atoms with Gasteiger partial charge in [-0.1, -0.05) is 58.2 Å². The molecule has 3 N–H and O–H groups in total. The van der Waals surface area contributed by atoms with E-state index in [9.17, 15) is 36.0 Å². The van der Waals surface area contributed by atoms with Gasteiger partial charge in [0.15, 0.2) is 0 Å². The maximum Gasteiger partial charge on any atom is 0.408 e. The van der Waals surface area contributed by atoms with Gasteiger partial charge in [-0.15, -0.1) is 6.58 Å².